The lowest BCUT2D eigenvalue weighted by molar-refractivity contribution is -0.131. The van der Waals surface area contributed by atoms with E-state index in [1.54, 1.807) is 18.8 Å². The molecule has 0 unspecified atom stereocenters. The quantitative estimate of drug-likeness (QED) is 0.802. The third-order valence-corrected chi connectivity index (χ3v) is 5.88. The first-order valence-corrected chi connectivity index (χ1v) is 9.82. The van der Waals surface area contributed by atoms with Gasteiger partial charge in [0.1, 0.15) is 4.38 Å². The second-order valence-corrected chi connectivity index (χ2v) is 8.26. The molecule has 8 heteroatoms. The van der Waals surface area contributed by atoms with Crippen LogP contribution in [0.2, 0.25) is 0 Å². The first-order valence-electron chi connectivity index (χ1n) is 7.05. The summed E-state index contributed by atoms with van der Waals surface area (Å²) in [7, 11) is 1.64. The van der Waals surface area contributed by atoms with Gasteiger partial charge in [-0.2, -0.15) is 0 Å². The molecule has 23 heavy (non-hydrogen) atoms. The molecule has 1 aliphatic heterocycles. The van der Waals surface area contributed by atoms with E-state index < -0.39 is 0 Å². The number of carbonyl (C=O) groups is 2. The molecule has 1 aliphatic rings. The molecule has 0 bridgehead atoms. The average molecular weight is 416 g/mol. The maximum Gasteiger partial charge on any atom is 0.243 e. The largest absolute Gasteiger partial charge is 0.336 e. The second-order valence-electron chi connectivity index (χ2n) is 5.04. The molecule has 124 valence electrons. The van der Waals surface area contributed by atoms with Gasteiger partial charge in [0.25, 0.3) is 0 Å². The molecule has 2 rings (SSSR count). The summed E-state index contributed by atoms with van der Waals surface area (Å²) in [6.07, 6.45) is 0. The third kappa shape index (κ3) is 5.86. The fourth-order valence-corrected chi connectivity index (χ4v) is 4.32. The van der Waals surface area contributed by atoms with E-state index in [1.165, 1.54) is 16.7 Å². The number of hydrogen-bond donors (Lipinski definition) is 1. The molecule has 1 N–H and O–H groups in total. The first kappa shape index (κ1) is 18.4. The molecule has 0 saturated heterocycles. The number of nitrogens with zero attached hydrogens (tertiary/aromatic N) is 2. The second kappa shape index (κ2) is 8.75. The highest BCUT2D eigenvalue weighted by Gasteiger charge is 2.16. The van der Waals surface area contributed by atoms with E-state index in [0.29, 0.717) is 5.75 Å². The summed E-state index contributed by atoms with van der Waals surface area (Å²) < 4.78 is 1.92. The number of aliphatic imine (C=N–C) groups is 1. The van der Waals surface area contributed by atoms with Crippen LogP contribution < -0.4 is 5.32 Å². The van der Waals surface area contributed by atoms with E-state index in [0.717, 1.165) is 32.4 Å². The van der Waals surface area contributed by atoms with Crippen molar-refractivity contribution in [3.63, 3.8) is 0 Å². The molecule has 0 aromatic heterocycles. The Balaban J connectivity index is 1.80. The zero-order valence-electron chi connectivity index (χ0n) is 13.0. The number of thioether (sulfide) groups is 2. The Morgan fingerprint density at radius 3 is 2.91 bits per heavy atom. The van der Waals surface area contributed by atoms with Crippen molar-refractivity contribution in [1.29, 1.82) is 0 Å². The highest BCUT2D eigenvalue weighted by Crippen LogP contribution is 2.22. The van der Waals surface area contributed by atoms with Crippen LogP contribution in [-0.2, 0) is 9.59 Å². The van der Waals surface area contributed by atoms with Crippen molar-refractivity contribution in [1.82, 2.24) is 4.90 Å². The van der Waals surface area contributed by atoms with Crippen LogP contribution in [0.25, 0.3) is 0 Å². The molecule has 0 saturated carbocycles. The van der Waals surface area contributed by atoms with Gasteiger partial charge in [-0.05, 0) is 30.7 Å². The molecule has 1 aromatic carbocycles. The molecule has 2 amide bonds. The van der Waals surface area contributed by atoms with Gasteiger partial charge < -0.3 is 10.2 Å². The Hall–Kier alpha value is -0.990. The Morgan fingerprint density at radius 2 is 2.26 bits per heavy atom. The van der Waals surface area contributed by atoms with E-state index in [1.807, 2.05) is 25.1 Å². The van der Waals surface area contributed by atoms with Gasteiger partial charge in [-0.15, -0.1) is 0 Å². The van der Waals surface area contributed by atoms with Crippen LogP contribution in [0.5, 0.6) is 0 Å². The maximum absolute atomic E-state index is 12.1. The molecule has 1 aromatic rings. The van der Waals surface area contributed by atoms with Crippen LogP contribution in [0.15, 0.2) is 27.7 Å². The topological polar surface area (TPSA) is 61.8 Å². The number of hydrogen-bond acceptors (Lipinski definition) is 5. The number of benzene rings is 1. The van der Waals surface area contributed by atoms with Crippen LogP contribution in [0, 0.1) is 6.92 Å². The summed E-state index contributed by atoms with van der Waals surface area (Å²) in [6.45, 7) is 2.78. The van der Waals surface area contributed by atoms with Gasteiger partial charge in [-0.1, -0.05) is 39.5 Å². The van der Waals surface area contributed by atoms with Crippen molar-refractivity contribution in [3.8, 4) is 0 Å². The minimum absolute atomic E-state index is 0.0362. The Labute approximate surface area is 152 Å². The fraction of sp³-hybridized carbons (Fsp3) is 0.400. The smallest absolute Gasteiger partial charge is 0.243 e. The molecular formula is C15H18BrN3O2S2. The lowest BCUT2D eigenvalue weighted by atomic mass is 10.2. The fourth-order valence-electron chi connectivity index (χ4n) is 1.90. The van der Waals surface area contributed by atoms with E-state index in [-0.39, 0.29) is 18.4 Å². The Morgan fingerprint density at radius 1 is 1.48 bits per heavy atom. The third-order valence-electron chi connectivity index (χ3n) is 3.15. The zero-order valence-corrected chi connectivity index (χ0v) is 16.2. The van der Waals surface area contributed by atoms with Crippen molar-refractivity contribution in [2.24, 2.45) is 4.99 Å². The van der Waals surface area contributed by atoms with E-state index in [4.69, 9.17) is 0 Å². The summed E-state index contributed by atoms with van der Waals surface area (Å²) in [5.74, 6) is 1.02. The summed E-state index contributed by atoms with van der Waals surface area (Å²) in [6, 6.07) is 5.64. The lowest BCUT2D eigenvalue weighted by Crippen LogP contribution is -2.36. The van der Waals surface area contributed by atoms with Gasteiger partial charge in [-0.25, -0.2) is 0 Å². The number of aryl methyl sites for hydroxylation is 1. The summed E-state index contributed by atoms with van der Waals surface area (Å²) >= 11 is 6.50. The normalized spacial score (nSPS) is 13.6. The van der Waals surface area contributed by atoms with Gasteiger partial charge in [0.05, 0.1) is 18.8 Å². The van der Waals surface area contributed by atoms with E-state index in [2.05, 4.69) is 26.2 Å². The average Bonchev–Trinajstić information content (AvgIpc) is 3.01. The molecule has 0 aliphatic carbocycles. The monoisotopic (exact) mass is 415 g/mol. The number of amides is 2. The maximum atomic E-state index is 12.1. The van der Waals surface area contributed by atoms with Gasteiger partial charge in [0, 0.05) is 23.0 Å². The Bertz CT molecular complexity index is 637. The van der Waals surface area contributed by atoms with Crippen molar-refractivity contribution in [2.75, 3.05) is 37.0 Å². The van der Waals surface area contributed by atoms with E-state index in [9.17, 15) is 9.59 Å². The molecule has 0 atom stereocenters. The van der Waals surface area contributed by atoms with Crippen LogP contribution in [0.3, 0.4) is 0 Å². The van der Waals surface area contributed by atoms with Crippen molar-refractivity contribution in [2.45, 2.75) is 6.92 Å². The highest BCUT2D eigenvalue weighted by atomic mass is 79.9. The van der Waals surface area contributed by atoms with Crippen molar-refractivity contribution >= 4 is 61.3 Å². The number of anilines is 1. The number of carbonyl (C=O) groups excluding carboxylic acids is 2. The zero-order chi connectivity index (χ0) is 16.8. The SMILES string of the molecule is Cc1cc(Br)ccc1NC(=O)CN(C)C(=O)CSC1=NCCS1. The molecule has 1 heterocycles. The molecule has 5 nitrogen and oxygen atoms in total. The van der Waals surface area contributed by atoms with Gasteiger partial charge in [0.2, 0.25) is 11.8 Å². The lowest BCUT2D eigenvalue weighted by Gasteiger charge is -2.17. The summed E-state index contributed by atoms with van der Waals surface area (Å²) in [5, 5.41) is 2.83. The van der Waals surface area contributed by atoms with Crippen LogP contribution in [0.1, 0.15) is 5.56 Å². The number of halogens is 1. The number of likely N-dealkylation sites (N-methyl/N-ethyl adjacent to an activating group) is 1. The minimum atomic E-state index is -0.205. The van der Waals surface area contributed by atoms with Gasteiger partial charge >= 0.3 is 0 Å². The molecular weight excluding hydrogens is 398 g/mol. The van der Waals surface area contributed by atoms with Crippen molar-refractivity contribution < 1.29 is 9.59 Å². The van der Waals surface area contributed by atoms with Gasteiger partial charge in [0.15, 0.2) is 0 Å². The highest BCUT2D eigenvalue weighted by molar-refractivity contribution is 9.10. The van der Waals surface area contributed by atoms with Crippen LogP contribution >= 0.6 is 39.5 Å². The predicted octanol–water partition coefficient (Wildman–Crippen LogP) is 2.99. The van der Waals surface area contributed by atoms with Crippen molar-refractivity contribution in [3.05, 3.63) is 28.2 Å². The molecule has 0 spiro atoms. The predicted molar refractivity (Wildman–Crippen MR) is 102 cm³/mol. The molecule has 0 radical (unpaired) electrons. The Kier molecular flexibility index (Phi) is 6.98. The van der Waals surface area contributed by atoms with Gasteiger partial charge in [-0.3, -0.25) is 14.6 Å². The number of rotatable bonds is 5. The van der Waals surface area contributed by atoms with E-state index >= 15 is 0 Å². The van der Waals surface area contributed by atoms with Crippen LogP contribution in [0.4, 0.5) is 5.69 Å². The molecule has 0 fully saturated rings. The summed E-state index contributed by atoms with van der Waals surface area (Å²) in [4.78, 5) is 29.9. The summed E-state index contributed by atoms with van der Waals surface area (Å²) in [5.41, 5.74) is 1.72. The standard InChI is InChI=1S/C15H18BrN3O2S2/c1-10-7-11(16)3-4-12(10)18-13(20)8-19(2)14(21)9-23-15-17-5-6-22-15/h3-4,7H,5-6,8-9H2,1-2H3,(H,18,20). The van der Waals surface area contributed by atoms with Crippen LogP contribution in [-0.4, -0.2) is 52.7 Å². The minimum Gasteiger partial charge on any atom is -0.336 e. The first-order chi connectivity index (χ1) is 11.0. The number of nitrogens with one attached hydrogen (secondary N) is 1.